The van der Waals surface area contributed by atoms with Gasteiger partial charge in [-0.15, -0.1) is 0 Å². The molecule has 50 heavy (non-hydrogen) atoms. The Hall–Kier alpha value is -4.68. The number of hydrogen-bond donors (Lipinski definition) is 0. The van der Waals surface area contributed by atoms with Crippen LogP contribution in [-0.4, -0.2) is 0 Å². The molecule has 0 N–H and O–H groups in total. The Morgan fingerprint density at radius 1 is 0.280 bits per heavy atom. The first-order valence-corrected chi connectivity index (χ1v) is 22.4. The molecule has 0 amide bonds. The molecule has 2 heterocycles. The van der Waals surface area contributed by atoms with Gasteiger partial charge >= 0.3 is 0 Å². The van der Waals surface area contributed by atoms with Gasteiger partial charge < -0.3 is 0 Å². The highest BCUT2D eigenvalue weighted by atomic mass is 32.4. The zero-order chi connectivity index (χ0) is 33.7. The van der Waals surface area contributed by atoms with Crippen LogP contribution in [0.5, 0.6) is 0 Å². The maximum absolute atomic E-state index is 6.90. The molecule has 2 atom stereocenters. The fourth-order valence-corrected chi connectivity index (χ4v) is 17.2. The van der Waals surface area contributed by atoms with Gasteiger partial charge in [-0.3, -0.25) is 0 Å². The molecule has 2 unspecified atom stereocenters. The maximum Gasteiger partial charge on any atom is 0.0397 e. The van der Waals surface area contributed by atoms with Gasteiger partial charge in [0, 0.05) is 33.3 Å². The minimum absolute atomic E-state index is 1.18. The molecule has 2 aliphatic heterocycles. The molecular formula is C46H32P2S2. The molecule has 9 rings (SSSR count). The van der Waals surface area contributed by atoms with E-state index >= 15 is 0 Å². The van der Waals surface area contributed by atoms with E-state index in [2.05, 4.69) is 194 Å². The monoisotopic (exact) mass is 710 g/mol. The van der Waals surface area contributed by atoms with Crippen LogP contribution in [0.2, 0.25) is 0 Å². The highest BCUT2D eigenvalue weighted by Crippen LogP contribution is 2.67. The van der Waals surface area contributed by atoms with Gasteiger partial charge in [-0.25, -0.2) is 0 Å². The lowest BCUT2D eigenvalue weighted by Gasteiger charge is -2.23. The quantitative estimate of drug-likeness (QED) is 0.158. The molecule has 0 saturated heterocycles. The second-order valence-corrected chi connectivity index (χ2v) is 21.3. The molecule has 0 aliphatic carbocycles. The molecule has 0 fully saturated rings. The van der Waals surface area contributed by atoms with Crippen LogP contribution in [0.25, 0.3) is 21.8 Å². The number of fused-ring (bicyclic) bond motifs is 2. The van der Waals surface area contributed by atoms with Gasteiger partial charge in [0.2, 0.25) is 0 Å². The summed E-state index contributed by atoms with van der Waals surface area (Å²) in [6, 6.07) is 65.3. The van der Waals surface area contributed by atoms with E-state index in [0.29, 0.717) is 0 Å². The van der Waals surface area contributed by atoms with Crippen molar-refractivity contribution in [3.8, 4) is 0 Å². The fraction of sp³-hybridized carbons (Fsp3) is 0. The first-order valence-electron chi connectivity index (χ1n) is 16.8. The number of benzene rings is 7. The summed E-state index contributed by atoms with van der Waals surface area (Å²) in [5.74, 6) is 0. The van der Waals surface area contributed by atoms with E-state index < -0.39 is 12.1 Å². The lowest BCUT2D eigenvalue weighted by molar-refractivity contribution is 1.53. The van der Waals surface area contributed by atoms with E-state index in [-0.39, 0.29) is 0 Å². The standard InChI is InChI=1S/C46H32P2S2/c49-47(37-21-9-3-10-22-37)41-27-15-13-25-39(41)43(45(47)35-17-5-1-6-18-35)33-29-31-34(32-30-33)44-40-26-14-16-28-42(40)48(50,38-23-11-4-12-24-38)46(44)36-19-7-2-8-20-36/h1-32H. The lowest BCUT2D eigenvalue weighted by atomic mass is 9.91. The fourth-order valence-electron chi connectivity index (χ4n) is 7.77. The van der Waals surface area contributed by atoms with Crippen LogP contribution in [0.15, 0.2) is 194 Å². The van der Waals surface area contributed by atoms with E-state index in [9.17, 15) is 0 Å². The first-order chi connectivity index (χ1) is 24.6. The Morgan fingerprint density at radius 3 is 0.940 bits per heavy atom. The predicted octanol–water partition coefficient (Wildman–Crippen LogP) is 10.4. The van der Waals surface area contributed by atoms with Crippen LogP contribution in [0.1, 0.15) is 33.4 Å². The van der Waals surface area contributed by atoms with E-state index in [1.165, 1.54) is 76.4 Å². The maximum atomic E-state index is 6.90. The summed E-state index contributed by atoms with van der Waals surface area (Å²) in [7, 11) is 0. The molecule has 0 aromatic heterocycles. The molecule has 0 nitrogen and oxygen atoms in total. The Labute approximate surface area is 304 Å². The summed E-state index contributed by atoms with van der Waals surface area (Å²) in [6.07, 6.45) is 0. The normalized spacial score (nSPS) is 19.4. The first kappa shape index (κ1) is 31.3. The molecule has 0 saturated carbocycles. The molecule has 2 aliphatic rings. The van der Waals surface area contributed by atoms with E-state index in [4.69, 9.17) is 23.6 Å². The average molecular weight is 711 g/mol. The van der Waals surface area contributed by atoms with Crippen molar-refractivity contribution in [2.24, 2.45) is 0 Å². The SMILES string of the molecule is S=P1(c2ccccc2)C(c2ccccc2)=C(c2ccc(C3=C(c4ccccc4)P(=S)(c4ccccc4)c4ccccc43)cc2)c2ccccc21. The Balaban J connectivity index is 1.29. The van der Waals surface area contributed by atoms with Crippen molar-refractivity contribution in [3.05, 3.63) is 228 Å². The summed E-state index contributed by atoms with van der Waals surface area (Å²) in [6.45, 7) is 0. The zero-order valence-corrected chi connectivity index (χ0v) is 30.6. The minimum atomic E-state index is -2.35. The van der Waals surface area contributed by atoms with Crippen molar-refractivity contribution >= 4 is 78.7 Å². The third kappa shape index (κ3) is 4.79. The van der Waals surface area contributed by atoms with Crippen LogP contribution >= 0.6 is 12.1 Å². The molecule has 7 aromatic rings. The van der Waals surface area contributed by atoms with Crippen molar-refractivity contribution < 1.29 is 0 Å². The van der Waals surface area contributed by atoms with Gasteiger partial charge in [0.15, 0.2) is 0 Å². The summed E-state index contributed by atoms with van der Waals surface area (Å²) in [4.78, 5) is 0. The number of hydrogen-bond acceptors (Lipinski definition) is 2. The lowest BCUT2D eigenvalue weighted by Crippen LogP contribution is -2.15. The van der Waals surface area contributed by atoms with Gasteiger partial charge in [0.05, 0.1) is 0 Å². The van der Waals surface area contributed by atoms with Crippen molar-refractivity contribution in [1.82, 2.24) is 0 Å². The van der Waals surface area contributed by atoms with E-state index in [1.807, 2.05) is 0 Å². The van der Waals surface area contributed by atoms with Crippen molar-refractivity contribution in [2.75, 3.05) is 0 Å². The Kier molecular flexibility index (Phi) is 7.88. The smallest absolute Gasteiger partial charge is 0.0397 e. The van der Waals surface area contributed by atoms with Gasteiger partial charge in [0.1, 0.15) is 0 Å². The Morgan fingerprint density at radius 2 is 0.580 bits per heavy atom. The van der Waals surface area contributed by atoms with Crippen LogP contribution in [0.3, 0.4) is 0 Å². The molecule has 0 bridgehead atoms. The van der Waals surface area contributed by atoms with Crippen molar-refractivity contribution in [2.45, 2.75) is 0 Å². The molecule has 0 spiro atoms. The van der Waals surface area contributed by atoms with Crippen molar-refractivity contribution in [1.29, 1.82) is 0 Å². The molecule has 0 radical (unpaired) electrons. The van der Waals surface area contributed by atoms with Gasteiger partial charge in [-0.2, -0.15) is 0 Å². The van der Waals surface area contributed by atoms with Gasteiger partial charge in [0.25, 0.3) is 0 Å². The molecule has 238 valence electrons. The summed E-state index contributed by atoms with van der Waals surface area (Å²) in [5.41, 5.74) is 9.70. The third-order valence-electron chi connectivity index (χ3n) is 9.92. The third-order valence-corrected chi connectivity index (χ3v) is 19.9. The zero-order valence-electron chi connectivity index (χ0n) is 27.2. The van der Waals surface area contributed by atoms with Crippen LogP contribution in [0.4, 0.5) is 0 Å². The highest BCUT2D eigenvalue weighted by molar-refractivity contribution is 8.27. The van der Waals surface area contributed by atoms with Crippen LogP contribution in [0, 0.1) is 0 Å². The summed E-state index contributed by atoms with van der Waals surface area (Å²) < 4.78 is 0. The molecule has 4 heteroatoms. The van der Waals surface area contributed by atoms with Crippen LogP contribution in [-0.2, 0) is 23.6 Å². The van der Waals surface area contributed by atoms with E-state index in [1.54, 1.807) is 0 Å². The highest BCUT2D eigenvalue weighted by Gasteiger charge is 2.41. The largest absolute Gasteiger partial charge is 0.0825 e. The second kappa shape index (κ2) is 12.6. The second-order valence-electron chi connectivity index (χ2n) is 12.7. The number of rotatable bonds is 6. The van der Waals surface area contributed by atoms with Crippen LogP contribution < -0.4 is 21.2 Å². The summed E-state index contributed by atoms with van der Waals surface area (Å²) in [5, 5.41) is 7.51. The van der Waals surface area contributed by atoms with E-state index in [0.717, 1.165) is 0 Å². The van der Waals surface area contributed by atoms with Gasteiger partial charge in [-0.1, -0.05) is 218 Å². The molecule has 7 aromatic carbocycles. The minimum Gasteiger partial charge on any atom is -0.0825 e. The summed E-state index contributed by atoms with van der Waals surface area (Å²) >= 11 is 13.8. The molecular weight excluding hydrogens is 679 g/mol. The average Bonchev–Trinajstić information content (AvgIpc) is 3.63. The van der Waals surface area contributed by atoms with Crippen molar-refractivity contribution in [3.63, 3.8) is 0 Å². The topological polar surface area (TPSA) is 0 Å². The Bertz CT molecular complexity index is 2370. The predicted molar refractivity (Wildman–Crippen MR) is 224 cm³/mol. The van der Waals surface area contributed by atoms with Gasteiger partial charge in [-0.05, 0) is 55.1 Å².